The van der Waals surface area contributed by atoms with Crippen LogP contribution >= 0.6 is 15.9 Å². The zero-order valence-corrected chi connectivity index (χ0v) is 11.6. The maximum Gasteiger partial charge on any atom is 0.352 e. The van der Waals surface area contributed by atoms with Gasteiger partial charge < -0.3 is 14.4 Å². The second-order valence-corrected chi connectivity index (χ2v) is 4.78. The predicted molar refractivity (Wildman–Crippen MR) is 69.4 cm³/mol. The third-order valence-corrected chi connectivity index (χ3v) is 2.85. The Bertz CT molecular complexity index is 363. The van der Waals surface area contributed by atoms with Gasteiger partial charge in [-0.3, -0.25) is 0 Å². The Kier molecular flexibility index (Phi) is 6.29. The highest BCUT2D eigenvalue weighted by atomic mass is 79.9. The van der Waals surface area contributed by atoms with Gasteiger partial charge in [-0.15, -0.1) is 0 Å². The Morgan fingerprint density at radius 3 is 2.82 bits per heavy atom. The number of carboxylic acid groups (broad SMARTS) is 1. The first kappa shape index (κ1) is 14.3. The van der Waals surface area contributed by atoms with Crippen molar-refractivity contribution in [3.05, 3.63) is 22.4 Å². The van der Waals surface area contributed by atoms with Gasteiger partial charge in [-0.2, -0.15) is 0 Å². The minimum Gasteiger partial charge on any atom is -0.477 e. The Labute approximate surface area is 110 Å². The van der Waals surface area contributed by atoms with Crippen LogP contribution in [0.25, 0.3) is 0 Å². The number of carbonyl (C=O) groups is 1. The van der Waals surface area contributed by atoms with E-state index in [1.54, 1.807) is 16.8 Å². The van der Waals surface area contributed by atoms with Gasteiger partial charge in [0.1, 0.15) is 5.69 Å². The van der Waals surface area contributed by atoms with Gasteiger partial charge in [-0.25, -0.2) is 4.79 Å². The molecule has 17 heavy (non-hydrogen) atoms. The van der Waals surface area contributed by atoms with Gasteiger partial charge in [0, 0.05) is 30.4 Å². The van der Waals surface area contributed by atoms with Crippen LogP contribution < -0.4 is 0 Å². The van der Waals surface area contributed by atoms with E-state index in [-0.39, 0.29) is 0 Å². The average molecular weight is 304 g/mol. The number of rotatable bonds is 8. The summed E-state index contributed by atoms with van der Waals surface area (Å²) in [7, 11) is 0. The summed E-state index contributed by atoms with van der Waals surface area (Å²) < 4.78 is 7.96. The molecule has 0 saturated carbocycles. The van der Waals surface area contributed by atoms with Crippen molar-refractivity contribution in [3.8, 4) is 0 Å². The predicted octanol–water partition coefficient (Wildman–Crippen LogP) is 3.16. The number of hydrogen-bond donors (Lipinski definition) is 1. The topological polar surface area (TPSA) is 51.5 Å². The molecule has 0 aliphatic rings. The molecule has 4 nitrogen and oxygen atoms in total. The Balaban J connectivity index is 2.33. The molecule has 0 amide bonds. The molecule has 1 aromatic rings. The minimum atomic E-state index is -0.900. The van der Waals surface area contributed by atoms with Gasteiger partial charge in [0.15, 0.2) is 0 Å². The van der Waals surface area contributed by atoms with E-state index in [0.717, 1.165) is 30.3 Å². The van der Waals surface area contributed by atoms with E-state index in [9.17, 15) is 4.79 Å². The van der Waals surface area contributed by atoms with Crippen LogP contribution in [0.4, 0.5) is 0 Å². The zero-order valence-electron chi connectivity index (χ0n) is 9.99. The SMILES string of the molecule is CCCCOCCCn1cc(Br)cc1C(=O)O. The van der Waals surface area contributed by atoms with Gasteiger partial charge >= 0.3 is 5.97 Å². The standard InChI is InChI=1S/C12H18BrNO3/c1-2-3-6-17-7-4-5-14-9-10(13)8-11(14)12(15)16/h8-9H,2-7H2,1H3,(H,15,16). The largest absolute Gasteiger partial charge is 0.477 e. The van der Waals surface area contributed by atoms with E-state index in [1.807, 2.05) is 0 Å². The number of unbranched alkanes of at least 4 members (excludes halogenated alkanes) is 1. The molecule has 1 N–H and O–H groups in total. The number of aryl methyl sites for hydroxylation is 1. The normalized spacial score (nSPS) is 10.7. The fourth-order valence-electron chi connectivity index (χ4n) is 1.52. The number of ether oxygens (including phenoxy) is 1. The lowest BCUT2D eigenvalue weighted by molar-refractivity contribution is 0.0683. The van der Waals surface area contributed by atoms with Crippen LogP contribution in [0, 0.1) is 0 Å². The quantitative estimate of drug-likeness (QED) is 0.751. The molecule has 0 saturated heterocycles. The van der Waals surface area contributed by atoms with Crippen molar-refractivity contribution in [2.24, 2.45) is 0 Å². The second kappa shape index (κ2) is 7.50. The van der Waals surface area contributed by atoms with Crippen molar-refractivity contribution in [1.82, 2.24) is 4.57 Å². The van der Waals surface area contributed by atoms with Crippen LogP contribution in [0.2, 0.25) is 0 Å². The van der Waals surface area contributed by atoms with Gasteiger partial charge in [-0.1, -0.05) is 13.3 Å². The monoisotopic (exact) mass is 303 g/mol. The Morgan fingerprint density at radius 1 is 1.47 bits per heavy atom. The molecule has 0 aliphatic heterocycles. The number of aromatic carboxylic acids is 1. The molecule has 0 atom stereocenters. The van der Waals surface area contributed by atoms with Crippen LogP contribution in [-0.4, -0.2) is 28.9 Å². The molecule has 0 fully saturated rings. The van der Waals surface area contributed by atoms with Crippen molar-refractivity contribution < 1.29 is 14.6 Å². The maximum atomic E-state index is 10.9. The molecule has 0 radical (unpaired) electrons. The highest BCUT2D eigenvalue weighted by Gasteiger charge is 2.10. The molecule has 0 aliphatic carbocycles. The summed E-state index contributed by atoms with van der Waals surface area (Å²) in [5.41, 5.74) is 0.311. The third-order valence-electron chi connectivity index (χ3n) is 2.41. The summed E-state index contributed by atoms with van der Waals surface area (Å²) in [6.45, 7) is 4.26. The van der Waals surface area contributed by atoms with Gasteiger partial charge in [-0.05, 0) is 34.8 Å². The first-order chi connectivity index (χ1) is 8.15. The first-order valence-electron chi connectivity index (χ1n) is 5.82. The molecule has 0 aromatic carbocycles. The summed E-state index contributed by atoms with van der Waals surface area (Å²) in [4.78, 5) is 10.9. The second-order valence-electron chi connectivity index (χ2n) is 3.86. The van der Waals surface area contributed by atoms with Crippen molar-refractivity contribution >= 4 is 21.9 Å². The number of hydrogen-bond acceptors (Lipinski definition) is 2. The molecule has 96 valence electrons. The van der Waals surface area contributed by atoms with Crippen molar-refractivity contribution in [2.45, 2.75) is 32.7 Å². The van der Waals surface area contributed by atoms with Crippen LogP contribution in [0.15, 0.2) is 16.7 Å². The third kappa shape index (κ3) is 4.91. The number of carboxylic acids is 1. The van der Waals surface area contributed by atoms with Gasteiger partial charge in [0.25, 0.3) is 0 Å². The van der Waals surface area contributed by atoms with Crippen LogP contribution in [-0.2, 0) is 11.3 Å². The maximum absolute atomic E-state index is 10.9. The van der Waals surface area contributed by atoms with E-state index in [1.165, 1.54) is 0 Å². The smallest absolute Gasteiger partial charge is 0.352 e. The summed E-state index contributed by atoms with van der Waals surface area (Å²) in [5, 5.41) is 8.98. The van der Waals surface area contributed by atoms with Gasteiger partial charge in [0.05, 0.1) is 0 Å². The Morgan fingerprint density at radius 2 is 2.18 bits per heavy atom. The molecule has 0 bridgehead atoms. The van der Waals surface area contributed by atoms with Gasteiger partial charge in [0.2, 0.25) is 0 Å². The van der Waals surface area contributed by atoms with E-state index < -0.39 is 5.97 Å². The van der Waals surface area contributed by atoms with E-state index >= 15 is 0 Å². The number of halogens is 1. The summed E-state index contributed by atoms with van der Waals surface area (Å²) >= 11 is 3.28. The summed E-state index contributed by atoms with van der Waals surface area (Å²) in [6.07, 6.45) is 4.82. The minimum absolute atomic E-state index is 0.311. The van der Waals surface area contributed by atoms with Crippen LogP contribution in [0.5, 0.6) is 0 Å². The number of nitrogens with zero attached hydrogens (tertiary/aromatic N) is 1. The zero-order chi connectivity index (χ0) is 12.7. The van der Waals surface area contributed by atoms with Crippen molar-refractivity contribution in [1.29, 1.82) is 0 Å². The lowest BCUT2D eigenvalue weighted by Crippen LogP contribution is -2.09. The summed E-state index contributed by atoms with van der Waals surface area (Å²) in [6, 6.07) is 1.61. The highest BCUT2D eigenvalue weighted by molar-refractivity contribution is 9.10. The average Bonchev–Trinajstić information content (AvgIpc) is 2.65. The fourth-order valence-corrected chi connectivity index (χ4v) is 1.99. The highest BCUT2D eigenvalue weighted by Crippen LogP contribution is 2.15. The lowest BCUT2D eigenvalue weighted by Gasteiger charge is -2.06. The van der Waals surface area contributed by atoms with Crippen LogP contribution in [0.3, 0.4) is 0 Å². The summed E-state index contributed by atoms with van der Waals surface area (Å²) in [5.74, 6) is -0.900. The van der Waals surface area contributed by atoms with Crippen LogP contribution in [0.1, 0.15) is 36.7 Å². The van der Waals surface area contributed by atoms with E-state index in [4.69, 9.17) is 9.84 Å². The molecular weight excluding hydrogens is 286 g/mol. The van der Waals surface area contributed by atoms with E-state index in [0.29, 0.717) is 18.8 Å². The van der Waals surface area contributed by atoms with Crippen molar-refractivity contribution in [3.63, 3.8) is 0 Å². The Hall–Kier alpha value is -0.810. The molecule has 0 unspecified atom stereocenters. The molecule has 5 heteroatoms. The molecule has 1 rings (SSSR count). The van der Waals surface area contributed by atoms with E-state index in [2.05, 4.69) is 22.9 Å². The molecular formula is C12H18BrNO3. The van der Waals surface area contributed by atoms with Crippen molar-refractivity contribution in [2.75, 3.05) is 13.2 Å². The lowest BCUT2D eigenvalue weighted by atomic mass is 10.3. The molecule has 1 aromatic heterocycles. The molecule has 0 spiro atoms. The molecule has 1 heterocycles. The number of aromatic nitrogens is 1. The first-order valence-corrected chi connectivity index (χ1v) is 6.61. The fraction of sp³-hybridized carbons (Fsp3) is 0.583.